The third-order valence-electron chi connectivity index (χ3n) is 2.62. The number of rotatable bonds is 6. The summed E-state index contributed by atoms with van der Waals surface area (Å²) in [6.45, 7) is 0.569. The van der Waals surface area contributed by atoms with Gasteiger partial charge in [0.2, 0.25) is 0 Å². The fraction of sp³-hybridized carbons (Fsp3) is 0.500. The first-order valence-electron chi connectivity index (χ1n) is 5.59. The molecule has 0 amide bonds. The molecule has 0 aromatic heterocycles. The highest BCUT2D eigenvalue weighted by Crippen LogP contribution is 2.37. The van der Waals surface area contributed by atoms with Gasteiger partial charge in [0.15, 0.2) is 21.3 Å². The van der Waals surface area contributed by atoms with Crippen LogP contribution in [-0.4, -0.2) is 35.4 Å². The summed E-state index contributed by atoms with van der Waals surface area (Å²) in [5.74, 6) is 0.725. The summed E-state index contributed by atoms with van der Waals surface area (Å²) in [6, 6.07) is 3.29. The fourth-order valence-electron chi connectivity index (χ4n) is 1.78. The Labute approximate surface area is 108 Å². The van der Waals surface area contributed by atoms with Crippen molar-refractivity contribution >= 4 is 9.84 Å². The molecule has 0 saturated carbocycles. The van der Waals surface area contributed by atoms with E-state index in [2.05, 4.69) is 0 Å². The summed E-state index contributed by atoms with van der Waals surface area (Å²) in [6.07, 6.45) is 2.67. The maximum Gasteiger partial charge on any atom is 0.179 e. The summed E-state index contributed by atoms with van der Waals surface area (Å²) in [5, 5.41) is 0. The van der Waals surface area contributed by atoms with Crippen molar-refractivity contribution in [1.29, 1.82) is 0 Å². The molecular formula is C12H19NO4S. The van der Waals surface area contributed by atoms with Crippen molar-refractivity contribution in [1.82, 2.24) is 0 Å². The largest absolute Gasteiger partial charge is 0.493 e. The van der Waals surface area contributed by atoms with Crippen LogP contribution in [-0.2, 0) is 16.3 Å². The van der Waals surface area contributed by atoms with Crippen molar-refractivity contribution in [2.24, 2.45) is 5.73 Å². The molecule has 1 rings (SSSR count). The van der Waals surface area contributed by atoms with Crippen molar-refractivity contribution in [2.45, 2.75) is 17.7 Å². The predicted molar refractivity (Wildman–Crippen MR) is 70.0 cm³/mol. The van der Waals surface area contributed by atoms with E-state index in [1.165, 1.54) is 14.2 Å². The van der Waals surface area contributed by atoms with Gasteiger partial charge in [-0.2, -0.15) is 0 Å². The van der Waals surface area contributed by atoms with Crippen LogP contribution in [0.25, 0.3) is 0 Å². The van der Waals surface area contributed by atoms with Crippen molar-refractivity contribution in [2.75, 3.05) is 27.0 Å². The number of aryl methyl sites for hydroxylation is 1. The van der Waals surface area contributed by atoms with Gasteiger partial charge in [-0.1, -0.05) is 6.07 Å². The Hall–Kier alpha value is -1.27. The van der Waals surface area contributed by atoms with Gasteiger partial charge in [0.05, 0.1) is 14.2 Å². The Morgan fingerprint density at radius 2 is 1.78 bits per heavy atom. The van der Waals surface area contributed by atoms with Gasteiger partial charge >= 0.3 is 0 Å². The standard InChI is InChI=1S/C12H19NO4S/c1-16-11-9(5-4-8-13)6-7-10(12(11)17-2)18(3,14)15/h6-7H,4-5,8,13H2,1-3H3. The average Bonchev–Trinajstić information content (AvgIpc) is 2.33. The third-order valence-corrected chi connectivity index (χ3v) is 3.74. The lowest BCUT2D eigenvalue weighted by atomic mass is 10.1. The molecule has 0 spiro atoms. The van der Waals surface area contributed by atoms with E-state index in [0.717, 1.165) is 24.7 Å². The SMILES string of the molecule is COc1c(CCCN)ccc(S(C)(=O)=O)c1OC. The first-order valence-corrected chi connectivity index (χ1v) is 7.48. The molecule has 18 heavy (non-hydrogen) atoms. The number of nitrogens with two attached hydrogens (primary N) is 1. The second-order valence-electron chi connectivity index (χ2n) is 3.95. The van der Waals surface area contributed by atoms with E-state index in [0.29, 0.717) is 12.3 Å². The zero-order valence-electron chi connectivity index (χ0n) is 10.9. The first-order chi connectivity index (χ1) is 8.45. The summed E-state index contributed by atoms with van der Waals surface area (Å²) in [7, 11) is -0.419. The molecule has 1 aromatic carbocycles. The summed E-state index contributed by atoms with van der Waals surface area (Å²) in [5.41, 5.74) is 6.37. The van der Waals surface area contributed by atoms with Gasteiger partial charge in [0.1, 0.15) is 4.90 Å². The van der Waals surface area contributed by atoms with Gasteiger partial charge in [-0.15, -0.1) is 0 Å². The third kappa shape index (κ3) is 3.14. The minimum Gasteiger partial charge on any atom is -0.493 e. The van der Waals surface area contributed by atoms with Gasteiger partial charge < -0.3 is 15.2 Å². The van der Waals surface area contributed by atoms with Crippen LogP contribution in [0.3, 0.4) is 0 Å². The molecule has 0 aliphatic carbocycles. The van der Waals surface area contributed by atoms with Gasteiger partial charge in [0, 0.05) is 6.26 Å². The molecule has 2 N–H and O–H groups in total. The number of hydrogen-bond acceptors (Lipinski definition) is 5. The van der Waals surface area contributed by atoms with Crippen LogP contribution >= 0.6 is 0 Å². The van der Waals surface area contributed by atoms with E-state index < -0.39 is 9.84 Å². The second-order valence-corrected chi connectivity index (χ2v) is 5.94. The average molecular weight is 273 g/mol. The van der Waals surface area contributed by atoms with Crippen LogP contribution in [0, 0.1) is 0 Å². The van der Waals surface area contributed by atoms with Crippen molar-refractivity contribution < 1.29 is 17.9 Å². The fourth-order valence-corrected chi connectivity index (χ4v) is 2.61. The van der Waals surface area contributed by atoms with E-state index in [1.54, 1.807) is 12.1 Å². The second kappa shape index (κ2) is 6.06. The molecule has 0 bridgehead atoms. The number of ether oxygens (including phenoxy) is 2. The zero-order valence-corrected chi connectivity index (χ0v) is 11.7. The maximum atomic E-state index is 11.7. The van der Waals surface area contributed by atoms with E-state index in [-0.39, 0.29) is 10.6 Å². The van der Waals surface area contributed by atoms with Crippen LogP contribution < -0.4 is 15.2 Å². The van der Waals surface area contributed by atoms with Crippen LogP contribution in [0.2, 0.25) is 0 Å². The van der Waals surface area contributed by atoms with Crippen LogP contribution in [0.15, 0.2) is 17.0 Å². The normalized spacial score (nSPS) is 11.3. The lowest BCUT2D eigenvalue weighted by Gasteiger charge is -2.15. The van der Waals surface area contributed by atoms with E-state index in [1.807, 2.05) is 0 Å². The van der Waals surface area contributed by atoms with Crippen LogP contribution in [0.4, 0.5) is 0 Å². The molecule has 0 aliphatic rings. The molecule has 0 fully saturated rings. The monoisotopic (exact) mass is 273 g/mol. The Kier molecular flexibility index (Phi) is 4.98. The summed E-state index contributed by atoms with van der Waals surface area (Å²) < 4.78 is 33.8. The van der Waals surface area contributed by atoms with E-state index in [9.17, 15) is 8.42 Å². The summed E-state index contributed by atoms with van der Waals surface area (Å²) in [4.78, 5) is 0.137. The highest BCUT2D eigenvalue weighted by molar-refractivity contribution is 7.90. The molecule has 5 nitrogen and oxygen atoms in total. The number of methoxy groups -OCH3 is 2. The number of hydrogen-bond donors (Lipinski definition) is 1. The molecule has 0 heterocycles. The van der Waals surface area contributed by atoms with Gasteiger partial charge in [0.25, 0.3) is 0 Å². The van der Waals surface area contributed by atoms with Crippen molar-refractivity contribution in [3.63, 3.8) is 0 Å². The molecule has 0 radical (unpaired) electrons. The molecule has 102 valence electrons. The Balaban J connectivity index is 3.36. The summed E-state index contributed by atoms with van der Waals surface area (Å²) >= 11 is 0. The van der Waals surface area contributed by atoms with Gasteiger partial charge in [-0.3, -0.25) is 0 Å². The molecule has 1 aromatic rings. The lowest BCUT2D eigenvalue weighted by Crippen LogP contribution is -2.06. The molecule has 0 unspecified atom stereocenters. The quantitative estimate of drug-likeness (QED) is 0.836. The zero-order chi connectivity index (χ0) is 13.8. The van der Waals surface area contributed by atoms with Crippen molar-refractivity contribution in [3.8, 4) is 11.5 Å². The highest BCUT2D eigenvalue weighted by atomic mass is 32.2. The topological polar surface area (TPSA) is 78.6 Å². The molecular weight excluding hydrogens is 254 g/mol. The van der Waals surface area contributed by atoms with Crippen LogP contribution in [0.1, 0.15) is 12.0 Å². The van der Waals surface area contributed by atoms with Crippen LogP contribution in [0.5, 0.6) is 11.5 Å². The predicted octanol–water partition coefficient (Wildman–Crippen LogP) is 0.999. The maximum absolute atomic E-state index is 11.7. The first kappa shape index (κ1) is 14.8. The minimum absolute atomic E-state index is 0.137. The molecule has 0 atom stereocenters. The highest BCUT2D eigenvalue weighted by Gasteiger charge is 2.20. The lowest BCUT2D eigenvalue weighted by molar-refractivity contribution is 0.343. The number of benzene rings is 1. The molecule has 0 aliphatic heterocycles. The van der Waals surface area contributed by atoms with E-state index in [4.69, 9.17) is 15.2 Å². The van der Waals surface area contributed by atoms with Gasteiger partial charge in [-0.05, 0) is 31.0 Å². The Morgan fingerprint density at radius 1 is 1.17 bits per heavy atom. The van der Waals surface area contributed by atoms with E-state index >= 15 is 0 Å². The molecule has 0 saturated heterocycles. The minimum atomic E-state index is -3.35. The Bertz CT molecular complexity index is 511. The Morgan fingerprint density at radius 3 is 2.22 bits per heavy atom. The van der Waals surface area contributed by atoms with Gasteiger partial charge in [-0.25, -0.2) is 8.42 Å². The number of sulfone groups is 1. The smallest absolute Gasteiger partial charge is 0.179 e. The molecule has 6 heteroatoms. The van der Waals surface area contributed by atoms with Crippen molar-refractivity contribution in [3.05, 3.63) is 17.7 Å².